The number of aromatic nitrogens is 1. The number of rotatable bonds is 7. The smallest absolute Gasteiger partial charge is 0.185 e. The third-order valence-electron chi connectivity index (χ3n) is 2.89. The number of hydrogen-bond acceptors (Lipinski definition) is 3. The Morgan fingerprint density at radius 3 is 2.48 bits per heavy atom. The molecule has 23 heavy (non-hydrogen) atoms. The summed E-state index contributed by atoms with van der Waals surface area (Å²) in [7, 11) is 0. The van der Waals surface area contributed by atoms with Crippen LogP contribution in [-0.4, -0.2) is 17.4 Å². The largest absolute Gasteiger partial charge is 0.488 e. The van der Waals surface area contributed by atoms with Crippen LogP contribution in [0.1, 0.15) is 15.9 Å². The van der Waals surface area contributed by atoms with Gasteiger partial charge in [0.2, 0.25) is 0 Å². The van der Waals surface area contributed by atoms with E-state index in [2.05, 4.69) is 11.6 Å². The van der Waals surface area contributed by atoms with Crippen molar-refractivity contribution in [1.29, 1.82) is 0 Å². The zero-order valence-corrected chi connectivity index (χ0v) is 13.2. The van der Waals surface area contributed by atoms with Crippen LogP contribution in [0.4, 0.5) is 0 Å². The molecule has 0 spiro atoms. The zero-order valence-electron chi connectivity index (χ0n) is 12.5. The van der Waals surface area contributed by atoms with Crippen LogP contribution in [0.15, 0.2) is 78.6 Å². The summed E-state index contributed by atoms with van der Waals surface area (Å²) < 4.78 is 5.37. The number of ketones is 1. The molecule has 1 aromatic carbocycles. The van der Waals surface area contributed by atoms with Gasteiger partial charge in [-0.1, -0.05) is 36.4 Å². The van der Waals surface area contributed by atoms with Crippen LogP contribution in [0.5, 0.6) is 5.75 Å². The molecule has 0 unspecified atom stereocenters. The van der Waals surface area contributed by atoms with Gasteiger partial charge in [0.25, 0.3) is 0 Å². The van der Waals surface area contributed by atoms with Gasteiger partial charge >= 0.3 is 0 Å². The number of nitrogens with zero attached hydrogens (tertiary/aromatic N) is 1. The number of benzene rings is 1. The van der Waals surface area contributed by atoms with Crippen LogP contribution in [0, 0.1) is 0 Å². The fourth-order valence-corrected chi connectivity index (χ4v) is 1.81. The fraction of sp³-hybridized carbons (Fsp3) is 0.0526. The van der Waals surface area contributed by atoms with E-state index in [9.17, 15) is 4.79 Å². The molecule has 0 amide bonds. The van der Waals surface area contributed by atoms with Crippen LogP contribution >= 0.6 is 11.6 Å². The Labute approximate surface area is 140 Å². The molecule has 0 aliphatic carbocycles. The molecule has 0 bridgehead atoms. The lowest BCUT2D eigenvalue weighted by molar-refractivity contribution is 0.104. The normalized spacial score (nSPS) is 11.0. The van der Waals surface area contributed by atoms with Gasteiger partial charge in [0.1, 0.15) is 12.4 Å². The molecule has 0 N–H and O–H groups in total. The van der Waals surface area contributed by atoms with Gasteiger partial charge in [-0.15, -0.1) is 0 Å². The second-order valence-corrected chi connectivity index (χ2v) is 5.23. The first-order valence-corrected chi connectivity index (χ1v) is 7.38. The van der Waals surface area contributed by atoms with E-state index in [0.29, 0.717) is 16.3 Å². The van der Waals surface area contributed by atoms with E-state index in [-0.39, 0.29) is 12.4 Å². The van der Waals surface area contributed by atoms with Gasteiger partial charge in [-0.3, -0.25) is 9.78 Å². The van der Waals surface area contributed by atoms with Crippen molar-refractivity contribution < 1.29 is 9.53 Å². The number of ether oxygens (including phenoxy) is 1. The van der Waals surface area contributed by atoms with Crippen molar-refractivity contribution >= 4 is 23.5 Å². The quantitative estimate of drug-likeness (QED) is 0.422. The summed E-state index contributed by atoms with van der Waals surface area (Å²) in [4.78, 5) is 16.0. The Morgan fingerprint density at radius 1 is 1.13 bits per heavy atom. The second-order valence-electron chi connectivity index (χ2n) is 4.69. The lowest BCUT2D eigenvalue weighted by atomic mass is 10.1. The highest BCUT2D eigenvalue weighted by Gasteiger charge is 2.02. The third-order valence-corrected chi connectivity index (χ3v) is 3.00. The van der Waals surface area contributed by atoms with E-state index in [4.69, 9.17) is 16.3 Å². The van der Waals surface area contributed by atoms with Crippen LogP contribution in [0.2, 0.25) is 0 Å². The molecular weight excluding hydrogens is 310 g/mol. The van der Waals surface area contributed by atoms with E-state index >= 15 is 0 Å². The molecule has 1 aromatic heterocycles. The standard InChI is InChI=1S/C19H16ClNO2/c1-15(20)14-23-18-8-6-17(7-9-18)19(22)5-3-2-4-16-10-12-21-13-11-16/h2-13H,1,14H2/b4-2+,5-3+. The highest BCUT2D eigenvalue weighted by molar-refractivity contribution is 6.29. The Balaban J connectivity index is 1.91. The van der Waals surface area contributed by atoms with E-state index in [1.807, 2.05) is 24.3 Å². The van der Waals surface area contributed by atoms with Crippen molar-refractivity contribution in [2.24, 2.45) is 0 Å². The molecule has 4 heteroatoms. The van der Waals surface area contributed by atoms with E-state index in [1.165, 1.54) is 6.08 Å². The van der Waals surface area contributed by atoms with Gasteiger partial charge in [0.05, 0.1) is 0 Å². The summed E-state index contributed by atoms with van der Waals surface area (Å²) in [6, 6.07) is 10.7. The molecule has 3 nitrogen and oxygen atoms in total. The minimum atomic E-state index is -0.0716. The summed E-state index contributed by atoms with van der Waals surface area (Å²) in [6.45, 7) is 3.79. The number of allylic oxidation sites excluding steroid dienone is 3. The fourth-order valence-electron chi connectivity index (χ4n) is 1.76. The molecule has 0 aliphatic heterocycles. The molecule has 2 aromatic rings. The van der Waals surface area contributed by atoms with Crippen LogP contribution < -0.4 is 4.74 Å². The number of carbonyl (C=O) groups is 1. The SMILES string of the molecule is C=C(Cl)COc1ccc(C(=O)/C=C/C=C/c2ccncc2)cc1. The first-order valence-electron chi connectivity index (χ1n) is 7.00. The van der Waals surface area contributed by atoms with Crippen molar-refractivity contribution in [3.05, 3.63) is 89.8 Å². The van der Waals surface area contributed by atoms with Crippen LogP contribution in [0.25, 0.3) is 6.08 Å². The van der Waals surface area contributed by atoms with Gasteiger partial charge in [-0.25, -0.2) is 0 Å². The molecule has 1 heterocycles. The predicted molar refractivity (Wildman–Crippen MR) is 93.7 cm³/mol. The van der Waals surface area contributed by atoms with E-state index in [0.717, 1.165) is 5.56 Å². The highest BCUT2D eigenvalue weighted by Crippen LogP contribution is 2.14. The minimum Gasteiger partial charge on any atom is -0.488 e. The Bertz CT molecular complexity index is 719. The lowest BCUT2D eigenvalue weighted by Crippen LogP contribution is -1.98. The first kappa shape index (κ1) is 16.7. The minimum absolute atomic E-state index is 0.0716. The Kier molecular flexibility index (Phi) is 6.33. The number of halogens is 1. The number of hydrogen-bond donors (Lipinski definition) is 0. The van der Waals surface area contributed by atoms with E-state index < -0.39 is 0 Å². The highest BCUT2D eigenvalue weighted by atomic mass is 35.5. The van der Waals surface area contributed by atoms with E-state index in [1.54, 1.807) is 42.7 Å². The summed E-state index contributed by atoms with van der Waals surface area (Å²) in [5.74, 6) is 0.572. The summed E-state index contributed by atoms with van der Waals surface area (Å²) in [5, 5.41) is 0.425. The summed E-state index contributed by atoms with van der Waals surface area (Å²) in [6.07, 6.45) is 10.4. The van der Waals surface area contributed by atoms with Gasteiger partial charge in [-0.2, -0.15) is 0 Å². The van der Waals surface area contributed by atoms with Crippen molar-refractivity contribution in [2.75, 3.05) is 6.61 Å². The molecule has 116 valence electrons. The molecule has 0 radical (unpaired) electrons. The molecule has 0 saturated carbocycles. The average Bonchev–Trinajstić information content (AvgIpc) is 2.58. The Hall–Kier alpha value is -2.65. The maximum atomic E-state index is 12.0. The number of carbonyl (C=O) groups excluding carboxylic acids is 1. The summed E-state index contributed by atoms with van der Waals surface area (Å²) in [5.41, 5.74) is 1.62. The van der Waals surface area contributed by atoms with Gasteiger partial charge < -0.3 is 4.74 Å². The lowest BCUT2D eigenvalue weighted by Gasteiger charge is -2.04. The first-order chi connectivity index (χ1) is 11.1. The number of pyridine rings is 1. The maximum Gasteiger partial charge on any atom is 0.185 e. The summed E-state index contributed by atoms with van der Waals surface area (Å²) >= 11 is 5.63. The molecule has 0 atom stereocenters. The van der Waals surface area contributed by atoms with Crippen molar-refractivity contribution in [3.63, 3.8) is 0 Å². The molecule has 0 saturated heterocycles. The van der Waals surface area contributed by atoms with Gasteiger partial charge in [0.15, 0.2) is 5.78 Å². The molecular formula is C19H16ClNO2. The Morgan fingerprint density at radius 2 is 1.83 bits per heavy atom. The molecule has 0 fully saturated rings. The molecule has 0 aliphatic rings. The molecule has 2 rings (SSSR count). The third kappa shape index (κ3) is 5.93. The average molecular weight is 326 g/mol. The topological polar surface area (TPSA) is 39.2 Å². The van der Waals surface area contributed by atoms with Crippen molar-refractivity contribution in [1.82, 2.24) is 4.98 Å². The van der Waals surface area contributed by atoms with Crippen LogP contribution in [0.3, 0.4) is 0 Å². The maximum absolute atomic E-state index is 12.0. The van der Waals surface area contributed by atoms with Crippen molar-refractivity contribution in [2.45, 2.75) is 0 Å². The van der Waals surface area contributed by atoms with Gasteiger partial charge in [-0.05, 0) is 48.0 Å². The van der Waals surface area contributed by atoms with Crippen LogP contribution in [-0.2, 0) is 0 Å². The second kappa shape index (κ2) is 8.71. The monoisotopic (exact) mass is 325 g/mol. The van der Waals surface area contributed by atoms with Crippen molar-refractivity contribution in [3.8, 4) is 5.75 Å². The zero-order chi connectivity index (χ0) is 16.5. The predicted octanol–water partition coefficient (Wildman–Crippen LogP) is 4.67. The van der Waals surface area contributed by atoms with Gasteiger partial charge in [0, 0.05) is 23.0 Å².